The van der Waals surface area contributed by atoms with Crippen LogP contribution in [0.5, 0.6) is 0 Å². The molecule has 0 aromatic heterocycles. The van der Waals surface area contributed by atoms with Gasteiger partial charge in [-0.05, 0) is 43.5 Å². The van der Waals surface area contributed by atoms with Crippen molar-refractivity contribution >= 4 is 26.0 Å². The predicted octanol–water partition coefficient (Wildman–Crippen LogP) is 3.71. The van der Waals surface area contributed by atoms with Crippen LogP contribution < -0.4 is 0 Å². The van der Waals surface area contributed by atoms with E-state index < -0.39 is 10.0 Å². The quantitative estimate of drug-likeness (QED) is 0.833. The van der Waals surface area contributed by atoms with Crippen LogP contribution >= 0.6 is 15.9 Å². The Hall–Kier alpha value is -0.390. The standard InChI is InChI=1S/C14H20BrNO2S/c1-3-16(12-6-4-5-7-12)19(17,18)13-8-9-14(15)11(2)10-13/h8-10,12H,3-7H2,1-2H3. The van der Waals surface area contributed by atoms with Gasteiger partial charge in [-0.1, -0.05) is 35.7 Å². The second-order valence-corrected chi connectivity index (χ2v) is 7.80. The predicted molar refractivity (Wildman–Crippen MR) is 80.7 cm³/mol. The monoisotopic (exact) mass is 345 g/mol. The number of hydrogen-bond acceptors (Lipinski definition) is 2. The highest BCUT2D eigenvalue weighted by molar-refractivity contribution is 9.10. The smallest absolute Gasteiger partial charge is 0.207 e. The zero-order valence-electron chi connectivity index (χ0n) is 11.4. The Balaban J connectivity index is 2.36. The summed E-state index contributed by atoms with van der Waals surface area (Å²) in [5.74, 6) is 0. The molecule has 0 amide bonds. The third kappa shape index (κ3) is 3.03. The first-order valence-corrected chi connectivity index (χ1v) is 8.98. The summed E-state index contributed by atoms with van der Waals surface area (Å²) < 4.78 is 28.1. The molecule has 0 heterocycles. The summed E-state index contributed by atoms with van der Waals surface area (Å²) in [5.41, 5.74) is 0.948. The zero-order valence-corrected chi connectivity index (χ0v) is 13.8. The maximum Gasteiger partial charge on any atom is 0.243 e. The van der Waals surface area contributed by atoms with Crippen molar-refractivity contribution < 1.29 is 8.42 Å². The van der Waals surface area contributed by atoms with E-state index in [1.54, 1.807) is 16.4 Å². The van der Waals surface area contributed by atoms with Crippen LogP contribution in [0.4, 0.5) is 0 Å². The molecule has 0 radical (unpaired) electrons. The van der Waals surface area contributed by atoms with Crippen LogP contribution in [0.2, 0.25) is 0 Å². The van der Waals surface area contributed by atoms with Crippen molar-refractivity contribution in [1.82, 2.24) is 4.31 Å². The molecule has 0 atom stereocenters. The molecule has 0 spiro atoms. The first-order valence-electron chi connectivity index (χ1n) is 6.75. The highest BCUT2D eigenvalue weighted by Gasteiger charge is 2.32. The lowest BCUT2D eigenvalue weighted by molar-refractivity contribution is 0.335. The molecular weight excluding hydrogens is 326 g/mol. The van der Waals surface area contributed by atoms with Crippen LogP contribution in [0, 0.1) is 6.92 Å². The molecule has 1 aromatic rings. The minimum Gasteiger partial charge on any atom is -0.207 e. The van der Waals surface area contributed by atoms with Crippen molar-refractivity contribution in [3.05, 3.63) is 28.2 Å². The molecule has 2 rings (SSSR count). The second-order valence-electron chi connectivity index (χ2n) is 5.06. The summed E-state index contributed by atoms with van der Waals surface area (Å²) in [6, 6.07) is 5.42. The zero-order chi connectivity index (χ0) is 14.0. The molecule has 0 aliphatic heterocycles. The summed E-state index contributed by atoms with van der Waals surface area (Å²) in [5, 5.41) is 0. The number of aryl methyl sites for hydroxylation is 1. The Morgan fingerprint density at radius 3 is 2.47 bits per heavy atom. The van der Waals surface area contributed by atoms with Crippen molar-refractivity contribution in [3.63, 3.8) is 0 Å². The van der Waals surface area contributed by atoms with Gasteiger partial charge in [-0.25, -0.2) is 8.42 Å². The van der Waals surface area contributed by atoms with Crippen LogP contribution in [-0.4, -0.2) is 25.3 Å². The van der Waals surface area contributed by atoms with Crippen molar-refractivity contribution in [3.8, 4) is 0 Å². The summed E-state index contributed by atoms with van der Waals surface area (Å²) >= 11 is 3.41. The molecule has 106 valence electrons. The molecule has 1 aromatic carbocycles. The Bertz CT molecular complexity index is 551. The minimum atomic E-state index is -3.36. The third-order valence-electron chi connectivity index (χ3n) is 3.78. The van der Waals surface area contributed by atoms with E-state index in [2.05, 4.69) is 15.9 Å². The third-order valence-corrected chi connectivity index (χ3v) is 6.69. The van der Waals surface area contributed by atoms with Gasteiger partial charge in [0.15, 0.2) is 0 Å². The molecule has 1 saturated carbocycles. The van der Waals surface area contributed by atoms with Crippen molar-refractivity contribution in [2.75, 3.05) is 6.54 Å². The van der Waals surface area contributed by atoms with Crippen LogP contribution in [0.25, 0.3) is 0 Å². The largest absolute Gasteiger partial charge is 0.243 e. The molecule has 1 fully saturated rings. The second kappa shape index (κ2) is 5.94. The Labute approximate surface area is 124 Å². The van der Waals surface area contributed by atoms with E-state index in [0.717, 1.165) is 35.7 Å². The van der Waals surface area contributed by atoms with E-state index in [0.29, 0.717) is 11.4 Å². The Morgan fingerprint density at radius 1 is 1.32 bits per heavy atom. The molecular formula is C14H20BrNO2S. The highest BCUT2D eigenvalue weighted by Crippen LogP contribution is 2.29. The number of hydrogen-bond donors (Lipinski definition) is 0. The lowest BCUT2D eigenvalue weighted by Gasteiger charge is -2.26. The molecule has 0 unspecified atom stereocenters. The van der Waals surface area contributed by atoms with Gasteiger partial charge in [-0.15, -0.1) is 0 Å². The normalized spacial score (nSPS) is 17.3. The molecule has 19 heavy (non-hydrogen) atoms. The van der Waals surface area contributed by atoms with Crippen LogP contribution in [0.3, 0.4) is 0 Å². The summed E-state index contributed by atoms with van der Waals surface area (Å²) in [4.78, 5) is 0.405. The van der Waals surface area contributed by atoms with Crippen LogP contribution in [0.1, 0.15) is 38.2 Å². The van der Waals surface area contributed by atoms with Gasteiger partial charge in [0.2, 0.25) is 10.0 Å². The summed E-state index contributed by atoms with van der Waals surface area (Å²) in [7, 11) is -3.36. The number of nitrogens with zero attached hydrogens (tertiary/aromatic N) is 1. The number of rotatable bonds is 4. The maximum atomic E-state index is 12.7. The fourth-order valence-electron chi connectivity index (χ4n) is 2.73. The lowest BCUT2D eigenvalue weighted by atomic mass is 10.2. The molecule has 3 nitrogen and oxygen atoms in total. The average molecular weight is 346 g/mol. The molecule has 0 saturated heterocycles. The molecule has 1 aliphatic carbocycles. The number of halogens is 1. The van der Waals surface area contributed by atoms with Crippen LogP contribution in [0.15, 0.2) is 27.6 Å². The fraction of sp³-hybridized carbons (Fsp3) is 0.571. The number of sulfonamides is 1. The van der Waals surface area contributed by atoms with E-state index in [9.17, 15) is 8.42 Å². The molecule has 0 N–H and O–H groups in total. The highest BCUT2D eigenvalue weighted by atomic mass is 79.9. The topological polar surface area (TPSA) is 37.4 Å². The van der Waals surface area contributed by atoms with Gasteiger partial charge >= 0.3 is 0 Å². The fourth-order valence-corrected chi connectivity index (χ4v) is 4.76. The molecule has 5 heteroatoms. The van der Waals surface area contributed by atoms with Crippen molar-refractivity contribution in [2.24, 2.45) is 0 Å². The van der Waals surface area contributed by atoms with E-state index in [1.807, 2.05) is 19.9 Å². The number of benzene rings is 1. The molecule has 0 bridgehead atoms. The van der Waals surface area contributed by atoms with E-state index in [-0.39, 0.29) is 6.04 Å². The van der Waals surface area contributed by atoms with E-state index in [1.165, 1.54) is 0 Å². The van der Waals surface area contributed by atoms with Crippen LogP contribution in [-0.2, 0) is 10.0 Å². The van der Waals surface area contributed by atoms with Crippen molar-refractivity contribution in [2.45, 2.75) is 50.5 Å². The first-order chi connectivity index (χ1) is 8.96. The van der Waals surface area contributed by atoms with Gasteiger partial charge in [-0.2, -0.15) is 4.31 Å². The van der Waals surface area contributed by atoms with Gasteiger partial charge in [0, 0.05) is 17.1 Å². The lowest BCUT2D eigenvalue weighted by Crippen LogP contribution is -2.38. The van der Waals surface area contributed by atoms with Crippen molar-refractivity contribution in [1.29, 1.82) is 0 Å². The van der Waals surface area contributed by atoms with Gasteiger partial charge in [0.1, 0.15) is 0 Å². The summed E-state index contributed by atoms with van der Waals surface area (Å²) in [6.07, 6.45) is 4.25. The van der Waals surface area contributed by atoms with Gasteiger partial charge in [0.05, 0.1) is 4.90 Å². The SMILES string of the molecule is CCN(C1CCCC1)S(=O)(=O)c1ccc(Br)c(C)c1. The van der Waals surface area contributed by atoms with Gasteiger partial charge < -0.3 is 0 Å². The van der Waals surface area contributed by atoms with Gasteiger partial charge in [-0.3, -0.25) is 0 Å². The first kappa shape index (κ1) is 15.0. The minimum absolute atomic E-state index is 0.180. The van der Waals surface area contributed by atoms with E-state index >= 15 is 0 Å². The maximum absolute atomic E-state index is 12.7. The van der Waals surface area contributed by atoms with Gasteiger partial charge in [0.25, 0.3) is 0 Å². The Morgan fingerprint density at radius 2 is 1.95 bits per heavy atom. The average Bonchev–Trinajstić information content (AvgIpc) is 2.86. The Kier molecular flexibility index (Phi) is 4.69. The molecule has 1 aliphatic rings. The van der Waals surface area contributed by atoms with E-state index in [4.69, 9.17) is 0 Å². The summed E-state index contributed by atoms with van der Waals surface area (Å²) in [6.45, 7) is 4.37.